The summed E-state index contributed by atoms with van der Waals surface area (Å²) in [6, 6.07) is 24.6. The minimum atomic E-state index is -0.635. The van der Waals surface area contributed by atoms with Gasteiger partial charge in [-0.3, -0.25) is 9.79 Å². The van der Waals surface area contributed by atoms with Gasteiger partial charge in [-0.2, -0.15) is 0 Å². The summed E-state index contributed by atoms with van der Waals surface area (Å²) < 4.78 is 13.8. The highest BCUT2D eigenvalue weighted by Crippen LogP contribution is 2.49. The quantitative estimate of drug-likeness (QED) is 0.345. The van der Waals surface area contributed by atoms with Crippen molar-refractivity contribution in [1.82, 2.24) is 4.90 Å². The summed E-state index contributed by atoms with van der Waals surface area (Å²) in [4.78, 5) is 21.6. The molecule has 1 spiro atoms. The summed E-state index contributed by atoms with van der Waals surface area (Å²) >= 11 is 0. The summed E-state index contributed by atoms with van der Waals surface area (Å²) in [7, 11) is 0. The molecule has 0 radical (unpaired) electrons. The molecule has 1 amide bonds. The fourth-order valence-electron chi connectivity index (χ4n) is 6.19. The predicted molar refractivity (Wildman–Crippen MR) is 154 cm³/mol. The van der Waals surface area contributed by atoms with Crippen LogP contribution in [0.2, 0.25) is 0 Å². The van der Waals surface area contributed by atoms with E-state index >= 15 is 0 Å². The number of nitrogens with zero attached hydrogens (tertiary/aromatic N) is 2. The van der Waals surface area contributed by atoms with Gasteiger partial charge in [-0.25, -0.2) is 4.39 Å². The van der Waals surface area contributed by atoms with Crippen molar-refractivity contribution in [2.24, 2.45) is 10.4 Å². The Morgan fingerprint density at radius 1 is 0.974 bits per heavy atom. The van der Waals surface area contributed by atoms with E-state index in [1.807, 2.05) is 30.3 Å². The van der Waals surface area contributed by atoms with Crippen molar-refractivity contribution in [3.05, 3.63) is 107 Å². The highest BCUT2D eigenvalue weighted by atomic mass is 19.1. The molecule has 0 bridgehead atoms. The van der Waals surface area contributed by atoms with Crippen molar-refractivity contribution in [2.45, 2.75) is 83.5 Å². The lowest BCUT2D eigenvalue weighted by atomic mass is 9.77. The topological polar surface area (TPSA) is 52.9 Å². The van der Waals surface area contributed by atoms with Crippen molar-refractivity contribution in [3.63, 3.8) is 0 Å². The summed E-state index contributed by atoms with van der Waals surface area (Å²) in [5.41, 5.74) is 3.82. The molecule has 1 aliphatic carbocycles. The zero-order valence-corrected chi connectivity index (χ0v) is 23.2. The Kier molecular flexibility index (Phi) is 7.73. The molecule has 1 heterocycles. The van der Waals surface area contributed by atoms with Crippen molar-refractivity contribution >= 4 is 11.6 Å². The summed E-state index contributed by atoms with van der Waals surface area (Å²) in [6.07, 6.45) is 5.21. The summed E-state index contributed by atoms with van der Waals surface area (Å²) in [6.45, 7) is 6.67. The maximum Gasteiger partial charge on any atom is 0.275 e. The van der Waals surface area contributed by atoms with Gasteiger partial charge in [0, 0.05) is 5.56 Å². The first-order valence-corrected chi connectivity index (χ1v) is 14.1. The Hall–Kier alpha value is -3.31. The third kappa shape index (κ3) is 5.84. The van der Waals surface area contributed by atoms with E-state index in [1.54, 1.807) is 12.1 Å². The first-order valence-electron chi connectivity index (χ1n) is 14.1. The number of amides is 1. The monoisotopic (exact) mass is 526 g/mol. The number of hydrogen-bond acceptors (Lipinski definition) is 3. The number of carbonyl (C=O) groups excluding carboxylic acids is 1. The molecule has 3 aromatic rings. The maximum absolute atomic E-state index is 14.3. The Labute approximate surface area is 231 Å². The fourth-order valence-corrected chi connectivity index (χ4v) is 6.19. The van der Waals surface area contributed by atoms with Crippen LogP contribution in [0.15, 0.2) is 83.9 Å². The minimum Gasteiger partial charge on any atom is -0.392 e. The number of aliphatic hydroxyl groups excluding tert-OH is 1. The van der Waals surface area contributed by atoms with Crippen molar-refractivity contribution in [2.75, 3.05) is 0 Å². The van der Waals surface area contributed by atoms with Crippen LogP contribution in [0.5, 0.6) is 0 Å². The van der Waals surface area contributed by atoms with Crippen LogP contribution in [0.1, 0.15) is 93.5 Å². The summed E-state index contributed by atoms with van der Waals surface area (Å²) in [5.74, 6) is 0.0346. The zero-order chi connectivity index (χ0) is 27.6. The van der Waals surface area contributed by atoms with Crippen LogP contribution in [0, 0.1) is 11.2 Å². The number of benzene rings is 3. The van der Waals surface area contributed by atoms with Gasteiger partial charge in [0.1, 0.15) is 17.2 Å². The molecular formula is C34H39FN2O2. The Balaban J connectivity index is 1.55. The van der Waals surface area contributed by atoms with Crippen LogP contribution in [-0.4, -0.2) is 27.3 Å². The predicted octanol–water partition coefficient (Wildman–Crippen LogP) is 7.57. The van der Waals surface area contributed by atoms with E-state index in [1.165, 1.54) is 17.7 Å². The lowest BCUT2D eigenvalue weighted by molar-refractivity contribution is -0.133. The third-order valence-corrected chi connectivity index (χ3v) is 8.39. The molecular weight excluding hydrogens is 487 g/mol. The number of aliphatic hydroxyl groups is 1. The van der Waals surface area contributed by atoms with E-state index in [2.05, 4.69) is 49.9 Å². The molecule has 5 heteroatoms. The Bertz CT molecular complexity index is 1300. The SMILES string of the molecule is CC(C)(C)CC[C@H](c1ccc(CO)cc1)N1C(=O)C(c2ccc(F)cc2)=NC12CCC(c1ccccc1)CC2. The van der Waals surface area contributed by atoms with Gasteiger partial charge >= 0.3 is 0 Å². The van der Waals surface area contributed by atoms with Gasteiger partial charge in [0.2, 0.25) is 0 Å². The van der Waals surface area contributed by atoms with E-state index in [0.29, 0.717) is 17.2 Å². The van der Waals surface area contributed by atoms with Crippen LogP contribution < -0.4 is 0 Å². The average molecular weight is 527 g/mol. The Morgan fingerprint density at radius 3 is 2.21 bits per heavy atom. The van der Waals surface area contributed by atoms with E-state index in [0.717, 1.165) is 49.7 Å². The average Bonchev–Trinajstić information content (AvgIpc) is 3.21. The van der Waals surface area contributed by atoms with Gasteiger partial charge in [-0.15, -0.1) is 0 Å². The molecule has 1 atom stereocenters. The number of hydrogen-bond donors (Lipinski definition) is 1. The molecule has 0 aromatic heterocycles. The van der Waals surface area contributed by atoms with Crippen molar-refractivity contribution in [1.29, 1.82) is 0 Å². The van der Waals surface area contributed by atoms with Crippen LogP contribution in [0.25, 0.3) is 0 Å². The number of carbonyl (C=O) groups is 1. The second kappa shape index (κ2) is 11.1. The molecule has 1 N–H and O–H groups in total. The van der Waals surface area contributed by atoms with Gasteiger partial charge in [0.05, 0.1) is 12.6 Å². The van der Waals surface area contributed by atoms with E-state index in [9.17, 15) is 14.3 Å². The molecule has 5 rings (SSSR count). The molecule has 0 saturated heterocycles. The van der Waals surface area contributed by atoms with Crippen LogP contribution >= 0.6 is 0 Å². The highest BCUT2D eigenvalue weighted by molar-refractivity contribution is 6.46. The normalized spacial score (nSPS) is 22.3. The summed E-state index contributed by atoms with van der Waals surface area (Å²) in [5, 5.41) is 9.62. The molecule has 39 heavy (non-hydrogen) atoms. The van der Waals surface area contributed by atoms with Crippen LogP contribution in [0.4, 0.5) is 4.39 Å². The third-order valence-electron chi connectivity index (χ3n) is 8.39. The number of aliphatic imine (C=N–C) groups is 1. The molecule has 3 aromatic carbocycles. The van der Waals surface area contributed by atoms with Crippen LogP contribution in [0.3, 0.4) is 0 Å². The largest absolute Gasteiger partial charge is 0.392 e. The van der Waals surface area contributed by atoms with Crippen molar-refractivity contribution < 1.29 is 14.3 Å². The fraction of sp³-hybridized carbons (Fsp3) is 0.412. The van der Waals surface area contributed by atoms with Gasteiger partial charge < -0.3 is 10.0 Å². The molecule has 0 unspecified atom stereocenters. The maximum atomic E-state index is 14.3. The van der Waals surface area contributed by atoms with Gasteiger partial charge in [0.25, 0.3) is 5.91 Å². The molecule has 1 aliphatic heterocycles. The molecule has 1 saturated carbocycles. The van der Waals surface area contributed by atoms with Crippen LogP contribution in [-0.2, 0) is 11.4 Å². The number of halogens is 1. The van der Waals surface area contributed by atoms with E-state index in [4.69, 9.17) is 4.99 Å². The second-order valence-corrected chi connectivity index (χ2v) is 12.3. The lowest BCUT2D eigenvalue weighted by Crippen LogP contribution is -2.50. The standard InChI is InChI=1S/C34H39FN2O2/c1-33(2,3)20-19-30(27-11-9-24(23-38)10-12-27)37-32(39)31(28-13-15-29(35)16-14-28)36-34(37)21-17-26(18-22-34)25-7-5-4-6-8-25/h4-16,26,30,38H,17-23H2,1-3H3/t26?,30-,34?/m1/s1. The zero-order valence-electron chi connectivity index (χ0n) is 23.2. The van der Waals surface area contributed by atoms with E-state index in [-0.39, 0.29) is 29.8 Å². The first-order chi connectivity index (χ1) is 18.7. The van der Waals surface area contributed by atoms with Gasteiger partial charge in [-0.1, -0.05) is 75.4 Å². The van der Waals surface area contributed by atoms with Gasteiger partial charge in [-0.05, 0) is 90.8 Å². The molecule has 1 fully saturated rings. The second-order valence-electron chi connectivity index (χ2n) is 12.3. The molecule has 204 valence electrons. The molecule has 4 nitrogen and oxygen atoms in total. The lowest BCUT2D eigenvalue weighted by Gasteiger charge is -2.46. The smallest absolute Gasteiger partial charge is 0.275 e. The molecule has 2 aliphatic rings. The van der Waals surface area contributed by atoms with E-state index < -0.39 is 5.66 Å². The minimum absolute atomic E-state index is 0.0157. The first kappa shape index (κ1) is 27.3. The van der Waals surface area contributed by atoms with Gasteiger partial charge in [0.15, 0.2) is 0 Å². The Morgan fingerprint density at radius 2 is 1.62 bits per heavy atom. The van der Waals surface area contributed by atoms with Crippen molar-refractivity contribution in [3.8, 4) is 0 Å². The highest BCUT2D eigenvalue weighted by Gasteiger charge is 2.52. The number of rotatable bonds is 7.